The van der Waals surface area contributed by atoms with E-state index >= 15 is 0 Å². The van der Waals surface area contributed by atoms with Crippen LogP contribution in [-0.4, -0.2) is 34.3 Å². The molecule has 0 radical (unpaired) electrons. The molecule has 2 atom stereocenters. The number of nitrogens with one attached hydrogen (secondary N) is 1. The molecule has 20 heavy (non-hydrogen) atoms. The van der Waals surface area contributed by atoms with E-state index in [4.69, 9.17) is 14.9 Å². The van der Waals surface area contributed by atoms with Gasteiger partial charge in [-0.05, 0) is 24.0 Å². The van der Waals surface area contributed by atoms with Gasteiger partial charge in [0.1, 0.15) is 6.10 Å². The summed E-state index contributed by atoms with van der Waals surface area (Å²) in [7, 11) is 0. The zero-order valence-electron chi connectivity index (χ0n) is 10.9. The van der Waals surface area contributed by atoms with Gasteiger partial charge < -0.3 is 20.3 Å². The number of hydrogen-bond donors (Lipinski definition) is 3. The van der Waals surface area contributed by atoms with E-state index in [2.05, 4.69) is 5.32 Å². The van der Waals surface area contributed by atoms with Crippen molar-refractivity contribution < 1.29 is 24.5 Å². The van der Waals surface area contributed by atoms with Gasteiger partial charge in [0.15, 0.2) is 6.10 Å². The molecule has 6 heteroatoms. The van der Waals surface area contributed by atoms with Gasteiger partial charge in [0.2, 0.25) is 5.91 Å². The Morgan fingerprint density at radius 2 is 1.95 bits per heavy atom. The third-order valence-corrected chi connectivity index (χ3v) is 3.23. The molecule has 0 spiro atoms. The number of carboxylic acids is 1. The number of aliphatic hydroxyl groups excluding tert-OH is 1. The number of hydrogen-bond acceptors (Lipinski definition) is 4. The molecule has 1 aromatic rings. The molecule has 2 unspecified atom stereocenters. The van der Waals surface area contributed by atoms with Crippen LogP contribution >= 0.6 is 0 Å². The summed E-state index contributed by atoms with van der Waals surface area (Å²) >= 11 is 0. The fourth-order valence-corrected chi connectivity index (χ4v) is 2.15. The van der Waals surface area contributed by atoms with Crippen molar-refractivity contribution in [2.24, 2.45) is 0 Å². The van der Waals surface area contributed by atoms with Crippen molar-refractivity contribution in [2.75, 3.05) is 0 Å². The number of carbonyl (C=O) groups excluding carboxylic acids is 1. The molecule has 2 rings (SSSR count). The molecule has 1 fully saturated rings. The number of aliphatic carboxylic acids is 1. The molecule has 1 saturated heterocycles. The number of benzene rings is 1. The third-order valence-electron chi connectivity index (χ3n) is 3.23. The van der Waals surface area contributed by atoms with Gasteiger partial charge in [-0.2, -0.15) is 0 Å². The third kappa shape index (κ3) is 3.55. The zero-order valence-corrected chi connectivity index (χ0v) is 10.9. The normalized spacial score (nSPS) is 21.6. The lowest BCUT2D eigenvalue weighted by Gasteiger charge is -2.12. The fourth-order valence-electron chi connectivity index (χ4n) is 2.15. The van der Waals surface area contributed by atoms with Crippen LogP contribution in [0.25, 0.3) is 0 Å². The molecule has 0 bridgehead atoms. The summed E-state index contributed by atoms with van der Waals surface area (Å²) in [4.78, 5) is 22.6. The van der Waals surface area contributed by atoms with Crippen LogP contribution in [0.15, 0.2) is 24.3 Å². The average molecular weight is 279 g/mol. The van der Waals surface area contributed by atoms with E-state index in [1.54, 1.807) is 18.2 Å². The lowest BCUT2D eigenvalue weighted by atomic mass is 10.1. The fraction of sp³-hybridized carbons (Fsp3) is 0.429. The summed E-state index contributed by atoms with van der Waals surface area (Å²) in [6.07, 6.45) is -0.812. The smallest absolute Gasteiger partial charge is 0.332 e. The van der Waals surface area contributed by atoms with Crippen molar-refractivity contribution in [1.82, 2.24) is 5.32 Å². The summed E-state index contributed by atoms with van der Waals surface area (Å²) in [6, 6.07) is 7.24. The van der Waals surface area contributed by atoms with E-state index in [1.807, 2.05) is 6.07 Å². The molecule has 1 amide bonds. The van der Waals surface area contributed by atoms with Crippen LogP contribution in [-0.2, 0) is 27.5 Å². The number of ether oxygens (including phenoxy) is 1. The molecule has 1 aliphatic rings. The van der Waals surface area contributed by atoms with Crippen LogP contribution in [0.1, 0.15) is 24.0 Å². The van der Waals surface area contributed by atoms with Crippen LogP contribution in [0.5, 0.6) is 0 Å². The Labute approximate surface area is 116 Å². The predicted molar refractivity (Wildman–Crippen MR) is 69.7 cm³/mol. The minimum atomic E-state index is -1.03. The van der Waals surface area contributed by atoms with Crippen molar-refractivity contribution in [3.05, 3.63) is 35.4 Å². The molecule has 1 aliphatic heterocycles. The van der Waals surface area contributed by atoms with E-state index in [0.29, 0.717) is 19.4 Å². The van der Waals surface area contributed by atoms with Gasteiger partial charge in [0.05, 0.1) is 6.61 Å². The van der Waals surface area contributed by atoms with E-state index < -0.39 is 18.2 Å². The lowest BCUT2D eigenvalue weighted by Crippen LogP contribution is -2.35. The zero-order chi connectivity index (χ0) is 14.5. The largest absolute Gasteiger partial charge is 0.479 e. The maximum Gasteiger partial charge on any atom is 0.332 e. The van der Waals surface area contributed by atoms with Gasteiger partial charge in [-0.25, -0.2) is 4.79 Å². The van der Waals surface area contributed by atoms with Crippen molar-refractivity contribution in [3.63, 3.8) is 0 Å². The van der Waals surface area contributed by atoms with Crippen molar-refractivity contribution >= 4 is 11.9 Å². The summed E-state index contributed by atoms with van der Waals surface area (Å²) in [5.74, 6) is -1.33. The number of carboxylic acid groups (broad SMARTS) is 1. The Morgan fingerprint density at radius 3 is 2.60 bits per heavy atom. The first-order valence-electron chi connectivity index (χ1n) is 6.45. The second-order valence-electron chi connectivity index (χ2n) is 4.72. The summed E-state index contributed by atoms with van der Waals surface area (Å²) < 4.78 is 5.17. The number of carbonyl (C=O) groups is 2. The van der Waals surface area contributed by atoms with Gasteiger partial charge in [0, 0.05) is 6.54 Å². The van der Waals surface area contributed by atoms with Gasteiger partial charge >= 0.3 is 5.97 Å². The minimum absolute atomic E-state index is 0.0478. The molecular weight excluding hydrogens is 262 g/mol. The second-order valence-corrected chi connectivity index (χ2v) is 4.72. The molecule has 0 aliphatic carbocycles. The van der Waals surface area contributed by atoms with Crippen LogP contribution in [0.3, 0.4) is 0 Å². The first kappa shape index (κ1) is 14.5. The van der Waals surface area contributed by atoms with E-state index in [0.717, 1.165) is 11.1 Å². The number of rotatable bonds is 5. The van der Waals surface area contributed by atoms with Gasteiger partial charge in [-0.3, -0.25) is 4.79 Å². The Bertz CT molecular complexity index is 502. The Balaban J connectivity index is 1.85. The molecule has 1 aromatic carbocycles. The predicted octanol–water partition coefficient (Wildman–Crippen LogP) is 0.427. The molecule has 3 N–H and O–H groups in total. The summed E-state index contributed by atoms with van der Waals surface area (Å²) in [6.45, 7) is 0.276. The van der Waals surface area contributed by atoms with Crippen LogP contribution < -0.4 is 5.32 Å². The summed E-state index contributed by atoms with van der Waals surface area (Å²) in [5, 5.41) is 20.5. The van der Waals surface area contributed by atoms with Crippen LogP contribution in [0.2, 0.25) is 0 Å². The second kappa shape index (κ2) is 6.49. The topological polar surface area (TPSA) is 95.9 Å². The standard InChI is InChI=1S/C14H17NO5/c16-8-10-3-1-2-9(6-10)7-15-13(17)11-4-5-12(20-11)14(18)19/h1-3,6,11-12,16H,4-5,7-8H2,(H,15,17)(H,18,19). The van der Waals surface area contributed by atoms with Gasteiger partial charge in [-0.1, -0.05) is 24.3 Å². The average Bonchev–Trinajstić information content (AvgIpc) is 2.95. The number of amides is 1. The highest BCUT2D eigenvalue weighted by Crippen LogP contribution is 2.20. The molecule has 1 heterocycles. The Morgan fingerprint density at radius 1 is 1.25 bits per heavy atom. The minimum Gasteiger partial charge on any atom is -0.479 e. The van der Waals surface area contributed by atoms with Crippen LogP contribution in [0.4, 0.5) is 0 Å². The lowest BCUT2D eigenvalue weighted by molar-refractivity contribution is -0.151. The first-order valence-corrected chi connectivity index (χ1v) is 6.45. The van der Waals surface area contributed by atoms with E-state index in [9.17, 15) is 9.59 Å². The maximum absolute atomic E-state index is 11.9. The van der Waals surface area contributed by atoms with Crippen molar-refractivity contribution in [3.8, 4) is 0 Å². The van der Waals surface area contributed by atoms with Crippen molar-refractivity contribution in [2.45, 2.75) is 38.2 Å². The number of aliphatic hydroxyl groups is 1. The monoisotopic (exact) mass is 279 g/mol. The molecule has 108 valence electrons. The van der Waals surface area contributed by atoms with E-state index in [-0.39, 0.29) is 12.5 Å². The highest BCUT2D eigenvalue weighted by molar-refractivity contribution is 5.82. The summed E-state index contributed by atoms with van der Waals surface area (Å²) in [5.41, 5.74) is 1.65. The quantitative estimate of drug-likeness (QED) is 0.726. The molecule has 0 aromatic heterocycles. The van der Waals surface area contributed by atoms with Gasteiger partial charge in [0.25, 0.3) is 0 Å². The van der Waals surface area contributed by atoms with E-state index in [1.165, 1.54) is 0 Å². The highest BCUT2D eigenvalue weighted by atomic mass is 16.5. The van der Waals surface area contributed by atoms with Crippen LogP contribution in [0, 0.1) is 0 Å². The Kier molecular flexibility index (Phi) is 4.70. The highest BCUT2D eigenvalue weighted by Gasteiger charge is 2.34. The molecule has 6 nitrogen and oxygen atoms in total. The van der Waals surface area contributed by atoms with Gasteiger partial charge in [-0.15, -0.1) is 0 Å². The molecule has 0 saturated carbocycles. The maximum atomic E-state index is 11.9. The SMILES string of the molecule is O=C(O)C1CCC(C(=O)NCc2cccc(CO)c2)O1. The molecular formula is C14H17NO5. The Hall–Kier alpha value is -1.92. The first-order chi connectivity index (χ1) is 9.60. The van der Waals surface area contributed by atoms with Crippen molar-refractivity contribution in [1.29, 1.82) is 0 Å².